The van der Waals surface area contributed by atoms with Crippen molar-refractivity contribution in [3.05, 3.63) is 84.4 Å². The highest BCUT2D eigenvalue weighted by atomic mass is 32.2. The van der Waals surface area contributed by atoms with E-state index in [0.29, 0.717) is 28.2 Å². The van der Waals surface area contributed by atoms with Gasteiger partial charge in [0.2, 0.25) is 0 Å². The molecule has 0 saturated carbocycles. The van der Waals surface area contributed by atoms with Crippen molar-refractivity contribution >= 4 is 23.4 Å². The molecule has 4 aromatic rings. The van der Waals surface area contributed by atoms with Gasteiger partial charge in [0.1, 0.15) is 0 Å². The number of carbonyl (C=O) groups excluding carboxylic acids is 1. The van der Waals surface area contributed by atoms with Gasteiger partial charge in [-0.05, 0) is 37.3 Å². The van der Waals surface area contributed by atoms with Crippen LogP contribution in [0.1, 0.15) is 12.5 Å². The van der Waals surface area contributed by atoms with Crippen LogP contribution < -0.4 is 14.9 Å². The van der Waals surface area contributed by atoms with Crippen LogP contribution in [0.15, 0.2) is 89.1 Å². The second kappa shape index (κ2) is 11.3. The molecule has 0 aliphatic rings. The molecule has 0 spiro atoms. The molecule has 0 aliphatic carbocycles. The van der Waals surface area contributed by atoms with Crippen LogP contribution in [0.3, 0.4) is 0 Å². The number of carbonyl (C=O) groups is 1. The number of hydrogen-bond donors (Lipinski definition) is 1. The van der Waals surface area contributed by atoms with Gasteiger partial charge in [-0.1, -0.05) is 60.3 Å². The van der Waals surface area contributed by atoms with Gasteiger partial charge in [-0.25, -0.2) is 5.43 Å². The van der Waals surface area contributed by atoms with Gasteiger partial charge in [-0.2, -0.15) is 5.10 Å². The Labute approximate surface area is 208 Å². The van der Waals surface area contributed by atoms with Crippen molar-refractivity contribution in [1.29, 1.82) is 0 Å². The zero-order valence-electron chi connectivity index (χ0n) is 19.6. The van der Waals surface area contributed by atoms with Crippen LogP contribution in [0.2, 0.25) is 0 Å². The summed E-state index contributed by atoms with van der Waals surface area (Å²) in [6.07, 6.45) is 0. The predicted molar refractivity (Wildman–Crippen MR) is 137 cm³/mol. The van der Waals surface area contributed by atoms with E-state index in [-0.39, 0.29) is 11.7 Å². The molecule has 0 unspecified atom stereocenters. The van der Waals surface area contributed by atoms with Gasteiger partial charge in [0.05, 0.1) is 25.7 Å². The number of thioether (sulfide) groups is 1. The minimum Gasteiger partial charge on any atom is -0.493 e. The first-order valence-corrected chi connectivity index (χ1v) is 11.8. The fourth-order valence-electron chi connectivity index (χ4n) is 3.38. The van der Waals surface area contributed by atoms with Crippen molar-refractivity contribution in [2.75, 3.05) is 20.0 Å². The molecule has 0 saturated heterocycles. The van der Waals surface area contributed by atoms with Crippen LogP contribution >= 0.6 is 11.8 Å². The first kappa shape index (κ1) is 24.0. The third-order valence-electron chi connectivity index (χ3n) is 5.16. The smallest absolute Gasteiger partial charge is 0.250 e. The summed E-state index contributed by atoms with van der Waals surface area (Å²) < 4.78 is 12.6. The highest BCUT2D eigenvalue weighted by molar-refractivity contribution is 7.99. The van der Waals surface area contributed by atoms with Crippen LogP contribution in [0.25, 0.3) is 17.1 Å². The van der Waals surface area contributed by atoms with Crippen molar-refractivity contribution in [2.45, 2.75) is 12.1 Å². The van der Waals surface area contributed by atoms with Crippen LogP contribution in [-0.4, -0.2) is 46.4 Å². The Morgan fingerprint density at radius 2 is 1.63 bits per heavy atom. The van der Waals surface area contributed by atoms with Gasteiger partial charge in [0.25, 0.3) is 5.91 Å². The summed E-state index contributed by atoms with van der Waals surface area (Å²) in [6.45, 7) is 1.81. The van der Waals surface area contributed by atoms with E-state index in [1.165, 1.54) is 11.8 Å². The maximum absolute atomic E-state index is 12.6. The Bertz CT molecular complexity index is 1320. The highest BCUT2D eigenvalue weighted by Crippen LogP contribution is 2.29. The highest BCUT2D eigenvalue weighted by Gasteiger charge is 2.17. The van der Waals surface area contributed by atoms with E-state index >= 15 is 0 Å². The summed E-state index contributed by atoms with van der Waals surface area (Å²) in [7, 11) is 3.16. The van der Waals surface area contributed by atoms with Gasteiger partial charge in [-0.3, -0.25) is 9.36 Å². The molecule has 8 nitrogen and oxygen atoms in total. The van der Waals surface area contributed by atoms with Crippen LogP contribution in [0, 0.1) is 0 Å². The lowest BCUT2D eigenvalue weighted by Gasteiger charge is -2.10. The van der Waals surface area contributed by atoms with E-state index in [0.717, 1.165) is 16.8 Å². The normalized spacial score (nSPS) is 11.2. The number of nitrogens with one attached hydrogen (secondary N) is 1. The molecule has 3 aromatic carbocycles. The maximum Gasteiger partial charge on any atom is 0.250 e. The zero-order valence-corrected chi connectivity index (χ0v) is 20.5. The largest absolute Gasteiger partial charge is 0.493 e. The first-order valence-electron chi connectivity index (χ1n) is 10.8. The molecule has 9 heteroatoms. The number of hydrazone groups is 1. The fraction of sp³-hybridized carbons (Fsp3) is 0.154. The number of nitrogens with zero attached hydrogens (tertiary/aromatic N) is 4. The number of methoxy groups -OCH3 is 2. The van der Waals surface area contributed by atoms with Crippen molar-refractivity contribution < 1.29 is 14.3 Å². The molecule has 0 atom stereocenters. The van der Waals surface area contributed by atoms with Crippen molar-refractivity contribution in [1.82, 2.24) is 20.2 Å². The molecule has 0 aliphatic heterocycles. The second-order valence-electron chi connectivity index (χ2n) is 7.43. The van der Waals surface area contributed by atoms with E-state index in [4.69, 9.17) is 9.47 Å². The van der Waals surface area contributed by atoms with E-state index < -0.39 is 0 Å². The van der Waals surface area contributed by atoms with Crippen LogP contribution in [-0.2, 0) is 4.79 Å². The number of aromatic nitrogens is 3. The quantitative estimate of drug-likeness (QED) is 0.211. The Kier molecular flexibility index (Phi) is 7.79. The molecule has 35 heavy (non-hydrogen) atoms. The van der Waals surface area contributed by atoms with Crippen LogP contribution in [0.5, 0.6) is 11.5 Å². The van der Waals surface area contributed by atoms with Crippen LogP contribution in [0.4, 0.5) is 0 Å². The lowest BCUT2D eigenvalue weighted by molar-refractivity contribution is -0.118. The minimum absolute atomic E-state index is 0.127. The number of hydrogen-bond acceptors (Lipinski definition) is 7. The molecule has 1 amide bonds. The Balaban J connectivity index is 1.48. The monoisotopic (exact) mass is 487 g/mol. The van der Waals surface area contributed by atoms with Crippen molar-refractivity contribution in [3.8, 4) is 28.6 Å². The number of rotatable bonds is 9. The zero-order chi connectivity index (χ0) is 24.6. The number of para-hydroxylation sites is 1. The van der Waals surface area contributed by atoms with Gasteiger partial charge in [0.15, 0.2) is 22.5 Å². The van der Waals surface area contributed by atoms with Gasteiger partial charge < -0.3 is 9.47 Å². The predicted octanol–water partition coefficient (Wildman–Crippen LogP) is 4.58. The summed E-state index contributed by atoms with van der Waals surface area (Å²) in [5, 5.41) is 13.6. The van der Waals surface area contributed by atoms with Gasteiger partial charge >= 0.3 is 0 Å². The van der Waals surface area contributed by atoms with Gasteiger partial charge in [-0.15, -0.1) is 10.2 Å². The minimum atomic E-state index is -0.251. The molecule has 1 heterocycles. The Hall–Kier alpha value is -4.11. The topological polar surface area (TPSA) is 90.6 Å². The summed E-state index contributed by atoms with van der Waals surface area (Å²) in [6, 6.07) is 25.1. The molecule has 0 bridgehead atoms. The SMILES string of the molecule is COc1ccc(C(C)=NNC(=O)CSc2nnc(-c3ccccc3)n2-c2ccccc2)cc1OC. The summed E-state index contributed by atoms with van der Waals surface area (Å²) >= 11 is 1.30. The molecular weight excluding hydrogens is 462 g/mol. The van der Waals surface area contributed by atoms with Gasteiger partial charge in [0, 0.05) is 16.8 Å². The Morgan fingerprint density at radius 3 is 2.31 bits per heavy atom. The summed E-state index contributed by atoms with van der Waals surface area (Å²) in [5.41, 5.74) is 5.93. The number of benzene rings is 3. The number of amides is 1. The van der Waals surface area contributed by atoms with E-state index in [1.807, 2.05) is 84.3 Å². The number of ether oxygens (including phenoxy) is 2. The lowest BCUT2D eigenvalue weighted by Crippen LogP contribution is -2.21. The lowest BCUT2D eigenvalue weighted by atomic mass is 10.1. The van der Waals surface area contributed by atoms with E-state index in [1.54, 1.807) is 20.3 Å². The first-order chi connectivity index (χ1) is 17.1. The standard InChI is InChI=1S/C26H25N5O3S/c1-18(20-14-15-22(33-2)23(16-20)34-3)27-28-24(32)17-35-26-30-29-25(19-10-6-4-7-11-19)31(26)21-12-8-5-9-13-21/h4-16H,17H2,1-3H3,(H,28,32). The summed E-state index contributed by atoms with van der Waals surface area (Å²) in [4.78, 5) is 12.6. The molecule has 0 radical (unpaired) electrons. The van der Waals surface area contributed by atoms with Crippen molar-refractivity contribution in [3.63, 3.8) is 0 Å². The van der Waals surface area contributed by atoms with Crippen molar-refractivity contribution in [2.24, 2.45) is 5.10 Å². The average molecular weight is 488 g/mol. The van der Waals surface area contributed by atoms with E-state index in [2.05, 4.69) is 20.7 Å². The molecule has 0 fully saturated rings. The average Bonchev–Trinajstić information content (AvgIpc) is 3.35. The molecule has 1 aromatic heterocycles. The third kappa shape index (κ3) is 5.70. The van der Waals surface area contributed by atoms with E-state index in [9.17, 15) is 4.79 Å². The molecule has 1 N–H and O–H groups in total. The maximum atomic E-state index is 12.6. The Morgan fingerprint density at radius 1 is 0.943 bits per heavy atom. The second-order valence-corrected chi connectivity index (χ2v) is 8.38. The molecule has 4 rings (SSSR count). The third-order valence-corrected chi connectivity index (χ3v) is 6.09. The fourth-order valence-corrected chi connectivity index (χ4v) is 4.13. The molecule has 178 valence electrons. The summed E-state index contributed by atoms with van der Waals surface area (Å²) in [5.74, 6) is 1.81. The molecular formula is C26H25N5O3S.